The SMILES string of the molecule is O=C(CC(=O)N/N=C/c1ccc(Oc2ccc([N+](=O)[O-])cc2[N+](=O)[O-])cc1)N/N=C/c1ccc(Oc2ccc([N+](=O)[O-])cc2[N+](=O)[O-])cc1. The number of hydrazone groups is 2. The van der Waals surface area contributed by atoms with Crippen LogP contribution in [-0.2, 0) is 9.59 Å². The topological polar surface area (TPSA) is 274 Å². The summed E-state index contributed by atoms with van der Waals surface area (Å²) in [5.74, 6) is -1.54. The lowest BCUT2D eigenvalue weighted by atomic mass is 10.2. The highest BCUT2D eigenvalue weighted by Gasteiger charge is 2.22. The normalized spacial score (nSPS) is 10.8. The van der Waals surface area contributed by atoms with Crippen LogP contribution in [0.4, 0.5) is 22.7 Å². The third kappa shape index (κ3) is 9.67. The first-order valence-electron chi connectivity index (χ1n) is 13.4. The molecule has 0 bridgehead atoms. The van der Waals surface area contributed by atoms with Crippen LogP contribution in [0.3, 0.4) is 0 Å². The number of benzene rings is 4. The summed E-state index contributed by atoms with van der Waals surface area (Å²) in [6.07, 6.45) is 1.91. The largest absolute Gasteiger partial charge is 0.450 e. The molecule has 248 valence electrons. The van der Waals surface area contributed by atoms with Crippen molar-refractivity contribution in [3.8, 4) is 23.0 Å². The first-order valence-corrected chi connectivity index (χ1v) is 13.4. The van der Waals surface area contributed by atoms with E-state index in [-0.39, 0.29) is 23.0 Å². The van der Waals surface area contributed by atoms with Crippen LogP contribution in [0.1, 0.15) is 17.5 Å². The van der Waals surface area contributed by atoms with Crippen molar-refractivity contribution in [3.05, 3.63) is 137 Å². The molecule has 4 aromatic carbocycles. The second-order valence-electron chi connectivity index (χ2n) is 9.44. The van der Waals surface area contributed by atoms with E-state index in [1.165, 1.54) is 61.0 Å². The monoisotopic (exact) mass is 672 g/mol. The van der Waals surface area contributed by atoms with E-state index in [2.05, 4.69) is 21.1 Å². The Labute approximate surface area is 272 Å². The Morgan fingerprint density at radius 3 is 1.27 bits per heavy atom. The molecule has 4 rings (SSSR count). The summed E-state index contributed by atoms with van der Waals surface area (Å²) in [6, 6.07) is 17.8. The number of rotatable bonds is 14. The van der Waals surface area contributed by atoms with Gasteiger partial charge in [0.1, 0.15) is 17.9 Å². The Kier molecular flexibility index (Phi) is 10.9. The minimum atomic E-state index is -0.804. The third-order valence-corrected chi connectivity index (χ3v) is 6.04. The molecular weight excluding hydrogens is 652 g/mol. The maximum Gasteiger partial charge on any atom is 0.318 e. The lowest BCUT2D eigenvalue weighted by Crippen LogP contribution is -2.27. The van der Waals surface area contributed by atoms with Gasteiger partial charge in [-0.05, 0) is 71.8 Å². The van der Waals surface area contributed by atoms with Gasteiger partial charge in [0.2, 0.25) is 23.3 Å². The van der Waals surface area contributed by atoms with Gasteiger partial charge in [0.15, 0.2) is 0 Å². The molecule has 2 N–H and O–H groups in total. The maximum absolute atomic E-state index is 12.0. The zero-order valence-electron chi connectivity index (χ0n) is 24.5. The van der Waals surface area contributed by atoms with Crippen molar-refractivity contribution >= 4 is 47.0 Å². The van der Waals surface area contributed by atoms with Gasteiger partial charge < -0.3 is 9.47 Å². The number of carbonyl (C=O) groups is 2. The zero-order valence-corrected chi connectivity index (χ0v) is 24.5. The maximum atomic E-state index is 12.0. The summed E-state index contributed by atoms with van der Waals surface area (Å²) in [7, 11) is 0. The van der Waals surface area contributed by atoms with E-state index in [1.54, 1.807) is 0 Å². The van der Waals surface area contributed by atoms with E-state index in [0.29, 0.717) is 11.1 Å². The van der Waals surface area contributed by atoms with Gasteiger partial charge in [-0.25, -0.2) is 10.9 Å². The number of carbonyl (C=O) groups excluding carboxylic acids is 2. The summed E-state index contributed by atoms with van der Waals surface area (Å²) < 4.78 is 11.0. The molecule has 0 radical (unpaired) electrons. The molecule has 0 fully saturated rings. The molecule has 20 heteroatoms. The smallest absolute Gasteiger partial charge is 0.318 e. The highest BCUT2D eigenvalue weighted by molar-refractivity contribution is 5.97. The second-order valence-corrected chi connectivity index (χ2v) is 9.44. The highest BCUT2D eigenvalue weighted by atomic mass is 16.6. The van der Waals surface area contributed by atoms with Crippen LogP contribution in [0.5, 0.6) is 23.0 Å². The summed E-state index contributed by atoms with van der Waals surface area (Å²) in [5, 5.41) is 51.8. The van der Waals surface area contributed by atoms with Gasteiger partial charge in [-0.3, -0.25) is 50.0 Å². The molecule has 20 nitrogen and oxygen atoms in total. The molecule has 0 aliphatic rings. The van der Waals surface area contributed by atoms with E-state index < -0.39 is 60.7 Å². The van der Waals surface area contributed by atoms with Crippen molar-refractivity contribution in [1.29, 1.82) is 0 Å². The predicted molar refractivity (Wildman–Crippen MR) is 169 cm³/mol. The van der Waals surface area contributed by atoms with Crippen molar-refractivity contribution in [1.82, 2.24) is 10.9 Å². The van der Waals surface area contributed by atoms with Gasteiger partial charge in [-0.1, -0.05) is 0 Å². The van der Waals surface area contributed by atoms with E-state index in [0.717, 1.165) is 36.4 Å². The van der Waals surface area contributed by atoms with E-state index in [9.17, 15) is 50.0 Å². The van der Waals surface area contributed by atoms with E-state index >= 15 is 0 Å². The first kappa shape index (κ1) is 34.2. The lowest BCUT2D eigenvalue weighted by Gasteiger charge is -2.06. The molecule has 0 unspecified atom stereocenters. The first-order chi connectivity index (χ1) is 23.4. The molecule has 0 aromatic heterocycles. The molecule has 0 saturated carbocycles. The van der Waals surface area contributed by atoms with Crippen LogP contribution < -0.4 is 20.3 Å². The number of amides is 2. The fraction of sp³-hybridized carbons (Fsp3) is 0.0345. The van der Waals surface area contributed by atoms with Gasteiger partial charge >= 0.3 is 11.4 Å². The van der Waals surface area contributed by atoms with Crippen LogP contribution in [0.15, 0.2) is 95.1 Å². The van der Waals surface area contributed by atoms with Crippen LogP contribution in [-0.4, -0.2) is 43.9 Å². The fourth-order valence-corrected chi connectivity index (χ4v) is 3.78. The quantitative estimate of drug-likeness (QED) is 0.0783. The van der Waals surface area contributed by atoms with Crippen molar-refractivity contribution in [2.24, 2.45) is 10.2 Å². The number of nitrogens with one attached hydrogen (secondary N) is 2. The minimum Gasteiger partial charge on any atom is -0.450 e. The Morgan fingerprint density at radius 2 is 0.939 bits per heavy atom. The molecule has 0 saturated heterocycles. The molecule has 0 atom stereocenters. The Hall–Kier alpha value is -7.64. The number of hydrogen-bond acceptors (Lipinski definition) is 14. The van der Waals surface area contributed by atoms with Gasteiger partial charge in [0.05, 0.1) is 44.3 Å². The van der Waals surface area contributed by atoms with E-state index in [4.69, 9.17) is 9.47 Å². The number of nitrogens with zero attached hydrogens (tertiary/aromatic N) is 6. The van der Waals surface area contributed by atoms with Crippen molar-refractivity contribution < 1.29 is 38.8 Å². The van der Waals surface area contributed by atoms with Crippen LogP contribution >= 0.6 is 0 Å². The predicted octanol–water partition coefficient (Wildman–Crippen LogP) is 4.89. The number of nitro groups is 4. The van der Waals surface area contributed by atoms with Crippen LogP contribution in [0.25, 0.3) is 0 Å². The Morgan fingerprint density at radius 1 is 0.571 bits per heavy atom. The number of nitro benzene ring substituents is 4. The Bertz CT molecular complexity index is 1850. The minimum absolute atomic E-state index is 0.188. The molecule has 2 amide bonds. The molecular formula is C29H20N8O12. The average molecular weight is 673 g/mol. The number of hydrogen-bond donors (Lipinski definition) is 2. The van der Waals surface area contributed by atoms with Gasteiger partial charge in [-0.2, -0.15) is 10.2 Å². The number of non-ortho nitro benzene ring substituents is 2. The third-order valence-electron chi connectivity index (χ3n) is 6.04. The van der Waals surface area contributed by atoms with Crippen molar-refractivity contribution in [3.63, 3.8) is 0 Å². The second kappa shape index (κ2) is 15.6. The Balaban J connectivity index is 1.23. The van der Waals surface area contributed by atoms with Crippen molar-refractivity contribution in [2.75, 3.05) is 0 Å². The summed E-state index contributed by atoms with van der Waals surface area (Å²) >= 11 is 0. The summed E-state index contributed by atoms with van der Waals surface area (Å²) in [6.45, 7) is 0. The molecule has 0 spiro atoms. The molecule has 4 aromatic rings. The summed E-state index contributed by atoms with van der Waals surface area (Å²) in [5.41, 5.74) is 3.22. The van der Waals surface area contributed by atoms with Crippen molar-refractivity contribution in [2.45, 2.75) is 6.42 Å². The molecule has 0 aliphatic carbocycles. The zero-order chi connectivity index (χ0) is 35.5. The van der Waals surface area contributed by atoms with Crippen LogP contribution in [0.2, 0.25) is 0 Å². The van der Waals surface area contributed by atoms with Crippen LogP contribution in [0, 0.1) is 40.5 Å². The van der Waals surface area contributed by atoms with Gasteiger partial charge in [0, 0.05) is 12.1 Å². The average Bonchev–Trinajstić information content (AvgIpc) is 3.06. The standard InChI is InChI=1S/C29H20N8O12/c38-28(32-30-16-18-1-7-22(8-2-18)48-26-11-5-20(34(40)41)13-24(26)36(44)45)15-29(39)33-31-17-19-3-9-23(10-4-19)49-27-12-6-21(35(42)43)14-25(27)37(46)47/h1-14,16-17H,15H2,(H,32,38)(H,33,39)/b30-16+,31-17+. The van der Waals surface area contributed by atoms with Gasteiger partial charge in [-0.15, -0.1) is 0 Å². The molecule has 0 aliphatic heterocycles. The van der Waals surface area contributed by atoms with E-state index in [1.807, 2.05) is 0 Å². The molecule has 49 heavy (non-hydrogen) atoms. The molecule has 0 heterocycles. The van der Waals surface area contributed by atoms with Gasteiger partial charge in [0.25, 0.3) is 11.4 Å². The fourth-order valence-electron chi connectivity index (χ4n) is 3.78. The number of ether oxygens (including phenoxy) is 2. The summed E-state index contributed by atoms with van der Waals surface area (Å²) in [4.78, 5) is 65.3. The lowest BCUT2D eigenvalue weighted by molar-refractivity contribution is -0.394. The highest BCUT2D eigenvalue weighted by Crippen LogP contribution is 2.35.